The van der Waals surface area contributed by atoms with E-state index in [0.29, 0.717) is 12.1 Å². The average Bonchev–Trinajstić information content (AvgIpc) is 3.24. The number of hydrogen-bond donors (Lipinski definition) is 1. The molecular formula is C18H24N4O2. The topological polar surface area (TPSA) is 51.6 Å². The molecule has 0 unspecified atom stereocenters. The van der Waals surface area contributed by atoms with E-state index in [9.17, 15) is 0 Å². The van der Waals surface area contributed by atoms with Gasteiger partial charge in [0.05, 0.1) is 26.4 Å². The van der Waals surface area contributed by atoms with E-state index in [2.05, 4.69) is 33.5 Å². The van der Waals surface area contributed by atoms with Gasteiger partial charge < -0.3 is 14.8 Å². The van der Waals surface area contributed by atoms with E-state index in [0.717, 1.165) is 50.6 Å². The minimum atomic E-state index is 0.334. The highest BCUT2D eigenvalue weighted by molar-refractivity contribution is 5.37. The fourth-order valence-corrected chi connectivity index (χ4v) is 3.68. The SMILES string of the molecule is COc1ccc(CN2C[C@@H]3NCCO[C@H]3C2)cc1Cn1cccn1. The van der Waals surface area contributed by atoms with Crippen molar-refractivity contribution in [3.05, 3.63) is 47.8 Å². The number of nitrogens with one attached hydrogen (secondary N) is 1. The van der Waals surface area contributed by atoms with E-state index in [1.54, 1.807) is 13.3 Å². The van der Waals surface area contributed by atoms with Crippen molar-refractivity contribution in [2.45, 2.75) is 25.2 Å². The van der Waals surface area contributed by atoms with Gasteiger partial charge in [0.25, 0.3) is 0 Å². The minimum Gasteiger partial charge on any atom is -0.496 e. The second-order valence-electron chi connectivity index (χ2n) is 6.51. The van der Waals surface area contributed by atoms with E-state index in [1.165, 1.54) is 5.56 Å². The Balaban J connectivity index is 1.47. The lowest BCUT2D eigenvalue weighted by atomic mass is 10.1. The molecule has 2 atom stereocenters. The maximum absolute atomic E-state index is 5.86. The van der Waals surface area contributed by atoms with Gasteiger partial charge in [-0.05, 0) is 23.8 Å². The lowest BCUT2D eigenvalue weighted by molar-refractivity contribution is 0.0175. The molecule has 0 radical (unpaired) electrons. The molecule has 4 rings (SSSR count). The summed E-state index contributed by atoms with van der Waals surface area (Å²) in [6.07, 6.45) is 4.11. The molecule has 2 fully saturated rings. The van der Waals surface area contributed by atoms with Crippen LogP contribution in [0.25, 0.3) is 0 Å². The molecule has 6 nitrogen and oxygen atoms in total. The van der Waals surface area contributed by atoms with Crippen molar-refractivity contribution < 1.29 is 9.47 Å². The molecule has 1 aromatic carbocycles. The first-order valence-corrected chi connectivity index (χ1v) is 8.52. The van der Waals surface area contributed by atoms with Crippen LogP contribution in [0.3, 0.4) is 0 Å². The van der Waals surface area contributed by atoms with Gasteiger partial charge >= 0.3 is 0 Å². The van der Waals surface area contributed by atoms with E-state index in [-0.39, 0.29) is 0 Å². The molecule has 0 amide bonds. The van der Waals surface area contributed by atoms with Crippen molar-refractivity contribution >= 4 is 0 Å². The largest absolute Gasteiger partial charge is 0.496 e. The summed E-state index contributed by atoms with van der Waals surface area (Å²) in [6, 6.07) is 8.86. The predicted octanol–water partition coefficient (Wildman–Crippen LogP) is 1.11. The fraction of sp³-hybridized carbons (Fsp3) is 0.500. The summed E-state index contributed by atoms with van der Waals surface area (Å²) in [5.41, 5.74) is 2.46. The minimum absolute atomic E-state index is 0.334. The molecule has 6 heteroatoms. The summed E-state index contributed by atoms with van der Waals surface area (Å²) >= 11 is 0. The molecule has 2 saturated heterocycles. The quantitative estimate of drug-likeness (QED) is 0.891. The van der Waals surface area contributed by atoms with Gasteiger partial charge in [0.2, 0.25) is 0 Å². The van der Waals surface area contributed by atoms with Crippen LogP contribution >= 0.6 is 0 Å². The molecule has 0 spiro atoms. The monoisotopic (exact) mass is 328 g/mol. The third-order valence-electron chi connectivity index (χ3n) is 4.82. The number of ether oxygens (including phenoxy) is 2. The summed E-state index contributed by atoms with van der Waals surface area (Å²) in [5, 5.41) is 7.85. The maximum atomic E-state index is 5.86. The fourth-order valence-electron chi connectivity index (χ4n) is 3.68. The molecule has 0 saturated carbocycles. The van der Waals surface area contributed by atoms with Gasteiger partial charge in [-0.2, -0.15) is 5.10 Å². The smallest absolute Gasteiger partial charge is 0.123 e. The molecule has 3 heterocycles. The number of fused-ring (bicyclic) bond motifs is 1. The summed E-state index contributed by atoms with van der Waals surface area (Å²) in [7, 11) is 1.72. The Morgan fingerprint density at radius 2 is 2.29 bits per heavy atom. The number of hydrogen-bond acceptors (Lipinski definition) is 5. The Kier molecular flexibility index (Phi) is 4.51. The van der Waals surface area contributed by atoms with Crippen molar-refractivity contribution in [2.24, 2.45) is 0 Å². The van der Waals surface area contributed by atoms with Crippen molar-refractivity contribution in [1.82, 2.24) is 20.0 Å². The lowest BCUT2D eigenvalue weighted by Gasteiger charge is -2.25. The number of benzene rings is 1. The summed E-state index contributed by atoms with van der Waals surface area (Å²) in [4.78, 5) is 2.47. The Labute approximate surface area is 142 Å². The van der Waals surface area contributed by atoms with E-state index in [1.807, 2.05) is 16.9 Å². The Morgan fingerprint density at radius 1 is 1.33 bits per heavy atom. The van der Waals surface area contributed by atoms with Crippen LogP contribution in [0.1, 0.15) is 11.1 Å². The van der Waals surface area contributed by atoms with Crippen LogP contribution in [0.15, 0.2) is 36.7 Å². The third-order valence-corrected chi connectivity index (χ3v) is 4.82. The van der Waals surface area contributed by atoms with Gasteiger partial charge in [0.15, 0.2) is 0 Å². The molecule has 24 heavy (non-hydrogen) atoms. The van der Waals surface area contributed by atoms with Crippen LogP contribution in [0.2, 0.25) is 0 Å². The molecule has 0 aliphatic carbocycles. The van der Waals surface area contributed by atoms with Crippen molar-refractivity contribution in [1.29, 1.82) is 0 Å². The number of rotatable bonds is 5. The predicted molar refractivity (Wildman–Crippen MR) is 91.1 cm³/mol. The maximum Gasteiger partial charge on any atom is 0.123 e. The number of methoxy groups -OCH3 is 1. The van der Waals surface area contributed by atoms with E-state index in [4.69, 9.17) is 9.47 Å². The van der Waals surface area contributed by atoms with Gasteiger partial charge in [0, 0.05) is 50.2 Å². The summed E-state index contributed by atoms with van der Waals surface area (Å²) in [6.45, 7) is 5.49. The molecule has 1 aromatic heterocycles. The van der Waals surface area contributed by atoms with Crippen molar-refractivity contribution in [3.63, 3.8) is 0 Å². The zero-order chi connectivity index (χ0) is 16.4. The second kappa shape index (κ2) is 6.93. The number of aromatic nitrogens is 2. The van der Waals surface area contributed by atoms with Crippen molar-refractivity contribution in [3.8, 4) is 5.75 Å². The third kappa shape index (κ3) is 3.31. The standard InChI is InChI=1S/C18H24N4O2/c1-23-17-4-3-14(9-15(17)11-22-7-2-5-20-22)10-21-12-16-18(13-21)24-8-6-19-16/h2-5,7,9,16,18-19H,6,8,10-13H2,1H3/t16-,18-/m0/s1. The first-order valence-electron chi connectivity index (χ1n) is 8.52. The Bertz CT molecular complexity index is 660. The van der Waals surface area contributed by atoms with E-state index >= 15 is 0 Å². The highest BCUT2D eigenvalue weighted by Crippen LogP contribution is 2.24. The van der Waals surface area contributed by atoms with Gasteiger partial charge in [-0.25, -0.2) is 0 Å². The van der Waals surface area contributed by atoms with Gasteiger partial charge in [-0.1, -0.05) is 6.07 Å². The van der Waals surface area contributed by atoms with Gasteiger partial charge in [0.1, 0.15) is 5.75 Å². The summed E-state index contributed by atoms with van der Waals surface area (Å²) in [5.74, 6) is 0.911. The van der Waals surface area contributed by atoms with Crippen LogP contribution in [0.5, 0.6) is 5.75 Å². The van der Waals surface area contributed by atoms with Crippen LogP contribution in [-0.4, -0.2) is 60.2 Å². The van der Waals surface area contributed by atoms with Crippen LogP contribution in [0.4, 0.5) is 0 Å². The normalized spacial score (nSPS) is 24.0. The van der Waals surface area contributed by atoms with Gasteiger partial charge in [-0.3, -0.25) is 9.58 Å². The molecule has 1 N–H and O–H groups in total. The molecule has 0 bridgehead atoms. The lowest BCUT2D eigenvalue weighted by Crippen LogP contribution is -2.47. The van der Waals surface area contributed by atoms with E-state index < -0.39 is 0 Å². The van der Waals surface area contributed by atoms with Crippen LogP contribution in [-0.2, 0) is 17.8 Å². The van der Waals surface area contributed by atoms with Crippen LogP contribution < -0.4 is 10.1 Å². The zero-order valence-electron chi connectivity index (χ0n) is 14.0. The van der Waals surface area contributed by atoms with Gasteiger partial charge in [-0.15, -0.1) is 0 Å². The van der Waals surface area contributed by atoms with Crippen LogP contribution in [0, 0.1) is 0 Å². The molecular weight excluding hydrogens is 304 g/mol. The highest BCUT2D eigenvalue weighted by Gasteiger charge is 2.35. The molecule has 2 aromatic rings. The average molecular weight is 328 g/mol. The zero-order valence-corrected chi connectivity index (χ0v) is 14.0. The molecule has 2 aliphatic rings. The molecule has 128 valence electrons. The highest BCUT2D eigenvalue weighted by atomic mass is 16.5. The summed E-state index contributed by atoms with van der Waals surface area (Å²) < 4.78 is 13.3. The first-order chi connectivity index (χ1) is 11.8. The second-order valence-corrected chi connectivity index (χ2v) is 6.51. The molecule has 2 aliphatic heterocycles. The Hall–Kier alpha value is -1.89. The first kappa shape index (κ1) is 15.6. The number of nitrogens with zero attached hydrogens (tertiary/aromatic N) is 3. The number of morpholine rings is 1. The Morgan fingerprint density at radius 3 is 3.08 bits per heavy atom. The van der Waals surface area contributed by atoms with Crippen molar-refractivity contribution in [2.75, 3.05) is 33.4 Å². The number of likely N-dealkylation sites (tertiary alicyclic amines) is 1.